The van der Waals surface area contributed by atoms with Gasteiger partial charge in [0, 0.05) is 17.5 Å². The summed E-state index contributed by atoms with van der Waals surface area (Å²) >= 11 is 0. The molecule has 1 heterocycles. The van der Waals surface area contributed by atoms with Gasteiger partial charge in [-0.2, -0.15) is 5.26 Å². The number of para-hydroxylation sites is 1. The minimum absolute atomic E-state index is 0.339. The summed E-state index contributed by atoms with van der Waals surface area (Å²) in [5.41, 5.74) is 3.44. The molecule has 1 N–H and O–H groups in total. The summed E-state index contributed by atoms with van der Waals surface area (Å²) in [5, 5.41) is 12.4. The van der Waals surface area contributed by atoms with Gasteiger partial charge < -0.3 is 19.5 Å². The van der Waals surface area contributed by atoms with Gasteiger partial charge in [0.2, 0.25) is 0 Å². The SMILES string of the molecule is COc1ccc(/C=C/C(=O)OCC(=O)Nc2c(C#N)c(C)c(C)n2-c2ccccc2)cc1OC. The van der Waals surface area contributed by atoms with Crippen molar-refractivity contribution in [3.05, 3.63) is 77.0 Å². The van der Waals surface area contributed by atoms with Crippen LogP contribution in [-0.4, -0.2) is 37.3 Å². The van der Waals surface area contributed by atoms with Gasteiger partial charge in [-0.25, -0.2) is 4.79 Å². The van der Waals surface area contributed by atoms with Gasteiger partial charge >= 0.3 is 5.97 Å². The minimum atomic E-state index is -0.684. The summed E-state index contributed by atoms with van der Waals surface area (Å²) in [4.78, 5) is 24.7. The van der Waals surface area contributed by atoms with Crippen LogP contribution in [0.5, 0.6) is 11.5 Å². The Morgan fingerprint density at radius 1 is 1.06 bits per heavy atom. The van der Waals surface area contributed by atoms with Crippen LogP contribution in [0, 0.1) is 25.2 Å². The Morgan fingerprint density at radius 3 is 2.41 bits per heavy atom. The first kappa shape index (κ1) is 24.1. The minimum Gasteiger partial charge on any atom is -0.493 e. The molecule has 3 rings (SSSR count). The maximum Gasteiger partial charge on any atom is 0.331 e. The molecule has 0 radical (unpaired) electrons. The van der Waals surface area contributed by atoms with E-state index in [1.807, 2.05) is 44.2 Å². The largest absolute Gasteiger partial charge is 0.493 e. The zero-order chi connectivity index (χ0) is 24.7. The lowest BCUT2D eigenvalue weighted by molar-refractivity contribution is -0.142. The zero-order valence-electron chi connectivity index (χ0n) is 19.4. The van der Waals surface area contributed by atoms with Crippen LogP contribution in [0.3, 0.4) is 0 Å². The number of esters is 1. The van der Waals surface area contributed by atoms with E-state index < -0.39 is 18.5 Å². The second kappa shape index (κ2) is 10.9. The maximum absolute atomic E-state index is 12.6. The molecule has 1 aromatic heterocycles. The summed E-state index contributed by atoms with van der Waals surface area (Å²) in [6.45, 7) is 3.19. The molecule has 0 bridgehead atoms. The third-order valence-corrected chi connectivity index (χ3v) is 5.26. The van der Waals surface area contributed by atoms with E-state index in [1.54, 1.807) is 28.8 Å². The standard InChI is InChI=1S/C26H25N3O5/c1-17-18(2)29(20-8-6-5-7-9-20)26(21(17)15-27)28-24(30)16-34-25(31)13-11-19-10-12-22(32-3)23(14-19)33-4/h5-14H,16H2,1-4H3,(H,28,30)/b13-11+. The van der Waals surface area contributed by atoms with Crippen LogP contribution in [0.1, 0.15) is 22.4 Å². The molecule has 1 amide bonds. The lowest BCUT2D eigenvalue weighted by Gasteiger charge is -2.13. The summed E-state index contributed by atoms with van der Waals surface area (Å²) < 4.78 is 17.3. The topological polar surface area (TPSA) is 103 Å². The van der Waals surface area contributed by atoms with Crippen LogP contribution in [0.2, 0.25) is 0 Å². The summed E-state index contributed by atoms with van der Waals surface area (Å²) in [6.07, 6.45) is 2.76. The van der Waals surface area contributed by atoms with Crippen molar-refractivity contribution in [2.45, 2.75) is 13.8 Å². The van der Waals surface area contributed by atoms with Crippen molar-refractivity contribution in [3.63, 3.8) is 0 Å². The molecule has 0 spiro atoms. The monoisotopic (exact) mass is 459 g/mol. The van der Waals surface area contributed by atoms with Crippen molar-refractivity contribution in [2.75, 3.05) is 26.1 Å². The number of carbonyl (C=O) groups is 2. The molecule has 0 aliphatic heterocycles. The Labute approximate surface area is 198 Å². The fraction of sp³-hybridized carbons (Fsp3) is 0.192. The van der Waals surface area contributed by atoms with E-state index in [0.717, 1.165) is 16.9 Å². The Kier molecular flexibility index (Phi) is 7.72. The van der Waals surface area contributed by atoms with Gasteiger partial charge in [0.05, 0.1) is 19.8 Å². The van der Waals surface area contributed by atoms with Crippen molar-refractivity contribution in [1.82, 2.24) is 4.57 Å². The fourth-order valence-corrected chi connectivity index (χ4v) is 3.43. The highest BCUT2D eigenvalue weighted by Crippen LogP contribution is 2.30. The van der Waals surface area contributed by atoms with Gasteiger partial charge in [-0.3, -0.25) is 9.36 Å². The molecule has 0 saturated carbocycles. The van der Waals surface area contributed by atoms with Gasteiger partial charge in [0.15, 0.2) is 18.1 Å². The van der Waals surface area contributed by atoms with Gasteiger partial charge in [-0.15, -0.1) is 0 Å². The van der Waals surface area contributed by atoms with Gasteiger partial charge in [0.1, 0.15) is 11.9 Å². The van der Waals surface area contributed by atoms with Crippen LogP contribution in [0.15, 0.2) is 54.6 Å². The maximum atomic E-state index is 12.6. The van der Waals surface area contributed by atoms with Crippen molar-refractivity contribution < 1.29 is 23.8 Å². The molecule has 0 aliphatic rings. The average molecular weight is 460 g/mol. The van der Waals surface area contributed by atoms with Crippen molar-refractivity contribution >= 4 is 23.8 Å². The molecule has 0 fully saturated rings. The number of hydrogen-bond acceptors (Lipinski definition) is 6. The second-order valence-electron chi connectivity index (χ2n) is 7.32. The molecule has 8 nitrogen and oxygen atoms in total. The van der Waals surface area contributed by atoms with E-state index >= 15 is 0 Å². The van der Waals surface area contributed by atoms with Crippen molar-refractivity contribution in [3.8, 4) is 23.3 Å². The van der Waals surface area contributed by atoms with Gasteiger partial charge in [-0.1, -0.05) is 24.3 Å². The van der Waals surface area contributed by atoms with E-state index in [9.17, 15) is 14.9 Å². The third kappa shape index (κ3) is 5.27. The van der Waals surface area contributed by atoms with Crippen LogP contribution >= 0.6 is 0 Å². The highest BCUT2D eigenvalue weighted by Gasteiger charge is 2.21. The number of hydrogen-bond donors (Lipinski definition) is 1. The number of nitrogens with zero attached hydrogens (tertiary/aromatic N) is 2. The normalized spacial score (nSPS) is 10.6. The highest BCUT2D eigenvalue weighted by atomic mass is 16.5. The molecule has 34 heavy (non-hydrogen) atoms. The molecule has 0 saturated heterocycles. The Hall–Kier alpha value is -4.51. The number of nitrogens with one attached hydrogen (secondary N) is 1. The zero-order valence-corrected chi connectivity index (χ0v) is 19.4. The Morgan fingerprint density at radius 2 is 1.76 bits per heavy atom. The lowest BCUT2D eigenvalue weighted by atomic mass is 10.2. The molecule has 0 atom stereocenters. The molecule has 2 aromatic carbocycles. The number of amides is 1. The molecule has 3 aromatic rings. The number of carbonyl (C=O) groups excluding carboxylic acids is 2. The number of nitriles is 1. The van der Waals surface area contributed by atoms with Crippen molar-refractivity contribution in [1.29, 1.82) is 5.26 Å². The summed E-state index contributed by atoms with van der Waals surface area (Å²) in [5.74, 6) is 0.194. The van der Waals surface area contributed by atoms with E-state index in [4.69, 9.17) is 14.2 Å². The first-order valence-electron chi connectivity index (χ1n) is 10.4. The number of aromatic nitrogens is 1. The van der Waals surface area contributed by atoms with E-state index in [2.05, 4.69) is 11.4 Å². The molecule has 174 valence electrons. The lowest BCUT2D eigenvalue weighted by Crippen LogP contribution is -2.22. The second-order valence-corrected chi connectivity index (χ2v) is 7.32. The molecular formula is C26H25N3O5. The number of rotatable bonds is 8. The quantitative estimate of drug-likeness (QED) is 0.401. The molecule has 8 heteroatoms. The highest BCUT2D eigenvalue weighted by molar-refractivity contribution is 5.95. The molecular weight excluding hydrogens is 434 g/mol. The first-order valence-corrected chi connectivity index (χ1v) is 10.4. The van der Waals surface area contributed by atoms with Gasteiger partial charge in [-0.05, 0) is 55.3 Å². The first-order chi connectivity index (χ1) is 16.4. The van der Waals surface area contributed by atoms with Crippen LogP contribution in [0.4, 0.5) is 5.82 Å². The van der Waals surface area contributed by atoms with E-state index in [-0.39, 0.29) is 0 Å². The summed E-state index contributed by atoms with van der Waals surface area (Å²) in [7, 11) is 3.06. The Bertz CT molecular complexity index is 1270. The molecule has 0 aliphatic carbocycles. The van der Waals surface area contributed by atoms with E-state index in [0.29, 0.717) is 28.4 Å². The van der Waals surface area contributed by atoms with E-state index in [1.165, 1.54) is 20.3 Å². The summed E-state index contributed by atoms with van der Waals surface area (Å²) in [6, 6.07) is 16.7. The van der Waals surface area contributed by atoms with Gasteiger partial charge in [0.25, 0.3) is 5.91 Å². The predicted molar refractivity (Wildman–Crippen MR) is 128 cm³/mol. The number of methoxy groups -OCH3 is 2. The number of ether oxygens (including phenoxy) is 3. The average Bonchev–Trinajstić information content (AvgIpc) is 3.10. The number of anilines is 1. The Balaban J connectivity index is 1.69. The van der Waals surface area contributed by atoms with Crippen LogP contribution < -0.4 is 14.8 Å². The number of benzene rings is 2. The van der Waals surface area contributed by atoms with Crippen molar-refractivity contribution in [2.24, 2.45) is 0 Å². The third-order valence-electron chi connectivity index (χ3n) is 5.26. The van der Waals surface area contributed by atoms with Crippen LogP contribution in [-0.2, 0) is 14.3 Å². The fourth-order valence-electron chi connectivity index (χ4n) is 3.43. The predicted octanol–water partition coefficient (Wildman–Crippen LogP) is 4.18. The van der Waals surface area contributed by atoms with Crippen LogP contribution in [0.25, 0.3) is 11.8 Å². The smallest absolute Gasteiger partial charge is 0.331 e. The molecule has 0 unspecified atom stereocenters.